The molecule has 0 radical (unpaired) electrons. The van der Waals surface area contributed by atoms with Gasteiger partial charge in [-0.3, -0.25) is 15.4 Å². The summed E-state index contributed by atoms with van der Waals surface area (Å²) in [6.45, 7) is 0. The molecule has 0 spiro atoms. The zero-order valence-corrected chi connectivity index (χ0v) is 11.7. The Morgan fingerprint density at radius 2 is 1.90 bits per heavy atom. The second-order valence-corrected chi connectivity index (χ2v) is 4.43. The largest absolute Gasteiger partial charge is 1.00 e. The van der Waals surface area contributed by atoms with Gasteiger partial charge in [-0.2, -0.15) is 4.99 Å². The smallest absolute Gasteiger partial charge is 0.270 e. The van der Waals surface area contributed by atoms with Crippen LogP contribution in [0.4, 0.5) is 17.1 Å². The van der Waals surface area contributed by atoms with Crippen LogP contribution in [0.3, 0.4) is 0 Å². The molecule has 6 heteroatoms. The van der Waals surface area contributed by atoms with Crippen molar-refractivity contribution in [3.8, 4) is 0 Å². The lowest BCUT2D eigenvalue weighted by molar-refractivity contribution is -0.436. The van der Waals surface area contributed by atoms with Crippen LogP contribution in [-0.4, -0.2) is 10.8 Å². The van der Waals surface area contributed by atoms with Gasteiger partial charge in [-0.25, -0.2) is 0 Å². The SMILES string of the molecule is O=[N+]([O-])c1cccc(/C=C/C2=Nc3ccccc3[NH2+]2)c1.[Cl-]. The summed E-state index contributed by atoms with van der Waals surface area (Å²) in [6, 6.07) is 14.4. The highest BCUT2D eigenvalue weighted by molar-refractivity contribution is 5.95. The van der Waals surface area contributed by atoms with Crippen LogP contribution in [0.25, 0.3) is 6.08 Å². The lowest BCUT2D eigenvalue weighted by atomic mass is 10.2. The average molecular weight is 302 g/mol. The zero-order chi connectivity index (χ0) is 13.9. The number of hydrogen-bond acceptors (Lipinski definition) is 3. The van der Waals surface area contributed by atoms with Gasteiger partial charge in [0, 0.05) is 24.3 Å². The lowest BCUT2D eigenvalue weighted by Crippen LogP contribution is -3.00. The number of nitro groups is 1. The minimum absolute atomic E-state index is 0. The Balaban J connectivity index is 0.00000161. The van der Waals surface area contributed by atoms with E-state index in [0.29, 0.717) is 0 Å². The van der Waals surface area contributed by atoms with Crippen molar-refractivity contribution in [2.45, 2.75) is 0 Å². The van der Waals surface area contributed by atoms with Gasteiger partial charge < -0.3 is 12.4 Å². The number of halogens is 1. The average Bonchev–Trinajstić information content (AvgIpc) is 2.88. The molecule has 0 fully saturated rings. The predicted octanol–water partition coefficient (Wildman–Crippen LogP) is -0.449. The maximum atomic E-state index is 10.7. The first-order valence-electron chi connectivity index (χ1n) is 6.17. The quantitative estimate of drug-likeness (QED) is 0.474. The Labute approximate surface area is 127 Å². The number of fused-ring (bicyclic) bond motifs is 1. The first kappa shape index (κ1) is 14.9. The van der Waals surface area contributed by atoms with E-state index in [9.17, 15) is 10.1 Å². The van der Waals surface area contributed by atoms with Crippen LogP contribution in [0.2, 0.25) is 0 Å². The van der Waals surface area contributed by atoms with Gasteiger partial charge in [0.2, 0.25) is 5.84 Å². The summed E-state index contributed by atoms with van der Waals surface area (Å²) in [6.07, 6.45) is 3.69. The molecular weight excluding hydrogens is 290 g/mol. The van der Waals surface area contributed by atoms with E-state index in [2.05, 4.69) is 4.99 Å². The molecule has 106 valence electrons. The van der Waals surface area contributed by atoms with Gasteiger partial charge in [0.25, 0.3) is 5.69 Å². The molecule has 0 aliphatic carbocycles. The molecule has 1 aliphatic heterocycles. The molecule has 2 aromatic rings. The van der Waals surface area contributed by atoms with Crippen LogP contribution in [0.5, 0.6) is 0 Å². The van der Waals surface area contributed by atoms with Crippen molar-refractivity contribution in [1.29, 1.82) is 0 Å². The number of rotatable bonds is 3. The molecule has 21 heavy (non-hydrogen) atoms. The highest BCUT2D eigenvalue weighted by atomic mass is 35.5. The van der Waals surface area contributed by atoms with E-state index < -0.39 is 4.92 Å². The van der Waals surface area contributed by atoms with Crippen LogP contribution in [-0.2, 0) is 0 Å². The Morgan fingerprint density at radius 1 is 1.10 bits per heavy atom. The predicted molar refractivity (Wildman–Crippen MR) is 77.3 cm³/mol. The molecule has 0 amide bonds. The van der Waals surface area contributed by atoms with Gasteiger partial charge in [-0.15, -0.1) is 0 Å². The number of amidine groups is 1. The van der Waals surface area contributed by atoms with Crippen molar-refractivity contribution >= 4 is 29.0 Å². The molecule has 0 saturated heterocycles. The normalized spacial score (nSPS) is 12.7. The van der Waals surface area contributed by atoms with Gasteiger partial charge in [0.1, 0.15) is 5.69 Å². The molecular formula is C15H12ClN3O2. The van der Waals surface area contributed by atoms with Gasteiger partial charge in [-0.05, 0) is 17.7 Å². The minimum atomic E-state index is -0.396. The van der Waals surface area contributed by atoms with Gasteiger partial charge in [-0.1, -0.05) is 24.3 Å². The van der Waals surface area contributed by atoms with E-state index in [4.69, 9.17) is 0 Å². The fourth-order valence-electron chi connectivity index (χ4n) is 2.05. The van der Waals surface area contributed by atoms with Crippen molar-refractivity contribution in [1.82, 2.24) is 0 Å². The topological polar surface area (TPSA) is 72.1 Å². The van der Waals surface area contributed by atoms with E-state index in [1.807, 2.05) is 47.8 Å². The molecule has 1 aliphatic rings. The zero-order valence-electron chi connectivity index (χ0n) is 10.9. The number of quaternary nitrogens is 1. The number of aliphatic imine (C=N–C) groups is 1. The van der Waals surface area contributed by atoms with Gasteiger partial charge in [0.05, 0.1) is 4.92 Å². The van der Waals surface area contributed by atoms with Crippen LogP contribution in [0.15, 0.2) is 59.6 Å². The molecule has 0 unspecified atom stereocenters. The summed E-state index contributed by atoms with van der Waals surface area (Å²) in [5.41, 5.74) is 2.91. The molecule has 0 aromatic heterocycles. The van der Waals surface area contributed by atoms with Crippen LogP contribution < -0.4 is 17.7 Å². The fourth-order valence-corrected chi connectivity index (χ4v) is 2.05. The third-order valence-electron chi connectivity index (χ3n) is 3.02. The second kappa shape index (κ2) is 6.30. The monoisotopic (exact) mass is 301 g/mol. The maximum absolute atomic E-state index is 10.7. The summed E-state index contributed by atoms with van der Waals surface area (Å²) in [5, 5.41) is 12.7. The minimum Gasteiger partial charge on any atom is -1.00 e. The Bertz CT molecular complexity index is 741. The Kier molecular flexibility index (Phi) is 4.47. The summed E-state index contributed by atoms with van der Waals surface area (Å²) in [4.78, 5) is 14.8. The molecule has 1 heterocycles. The molecule has 0 bridgehead atoms. The van der Waals surface area contributed by atoms with E-state index in [1.165, 1.54) is 6.07 Å². The molecule has 3 rings (SSSR count). The summed E-state index contributed by atoms with van der Waals surface area (Å²) >= 11 is 0. The molecule has 5 nitrogen and oxygen atoms in total. The number of non-ortho nitro benzene ring substituents is 1. The maximum Gasteiger partial charge on any atom is 0.270 e. The van der Waals surface area contributed by atoms with Crippen molar-refractivity contribution in [3.05, 3.63) is 70.3 Å². The van der Waals surface area contributed by atoms with Crippen LogP contribution in [0, 0.1) is 10.1 Å². The highest BCUT2D eigenvalue weighted by Crippen LogP contribution is 2.23. The number of hydrogen-bond donors (Lipinski definition) is 1. The fraction of sp³-hybridized carbons (Fsp3) is 0. The molecule has 2 N–H and O–H groups in total. The third kappa shape index (κ3) is 3.34. The number of nitrogens with zero attached hydrogens (tertiary/aromatic N) is 2. The van der Waals surface area contributed by atoms with E-state index in [1.54, 1.807) is 12.1 Å². The van der Waals surface area contributed by atoms with E-state index >= 15 is 0 Å². The second-order valence-electron chi connectivity index (χ2n) is 4.43. The summed E-state index contributed by atoms with van der Waals surface area (Å²) in [7, 11) is 0. The van der Waals surface area contributed by atoms with Crippen molar-refractivity contribution in [2.24, 2.45) is 4.99 Å². The van der Waals surface area contributed by atoms with E-state index in [0.717, 1.165) is 22.8 Å². The van der Waals surface area contributed by atoms with Crippen molar-refractivity contribution in [2.75, 3.05) is 0 Å². The van der Waals surface area contributed by atoms with Crippen LogP contribution >= 0.6 is 0 Å². The summed E-state index contributed by atoms with van der Waals surface area (Å²) in [5.74, 6) is 0.845. The number of benzene rings is 2. The van der Waals surface area contributed by atoms with Crippen molar-refractivity contribution < 1.29 is 22.6 Å². The number of nitro benzene ring substituents is 1. The summed E-state index contributed by atoms with van der Waals surface area (Å²) < 4.78 is 0. The van der Waals surface area contributed by atoms with Crippen LogP contribution in [0.1, 0.15) is 5.56 Å². The number of para-hydroxylation sites is 2. The highest BCUT2D eigenvalue weighted by Gasteiger charge is 2.15. The standard InChI is InChI=1S/C15H11N3O2.ClH/c19-18(20)12-5-3-4-11(10-12)8-9-15-16-13-6-1-2-7-14(13)17-15;/h1-10H,(H,16,17);1H/b9-8+;. The molecule has 0 atom stereocenters. The number of nitrogens with two attached hydrogens (primary N) is 1. The Hall–Kier alpha value is -2.50. The van der Waals surface area contributed by atoms with Crippen molar-refractivity contribution in [3.63, 3.8) is 0 Å². The van der Waals surface area contributed by atoms with E-state index in [-0.39, 0.29) is 18.1 Å². The first-order chi connectivity index (χ1) is 9.72. The first-order valence-corrected chi connectivity index (χ1v) is 6.17. The molecule has 2 aromatic carbocycles. The molecule has 0 saturated carbocycles. The third-order valence-corrected chi connectivity index (χ3v) is 3.02. The Morgan fingerprint density at radius 3 is 2.67 bits per heavy atom. The van der Waals surface area contributed by atoms with Gasteiger partial charge >= 0.3 is 0 Å². The lowest BCUT2D eigenvalue weighted by Gasteiger charge is -1.94. The van der Waals surface area contributed by atoms with Gasteiger partial charge in [0.15, 0.2) is 5.69 Å².